The molecule has 1 fully saturated rings. The van der Waals surface area contributed by atoms with Crippen LogP contribution in [-0.2, 0) is 11.3 Å². The van der Waals surface area contributed by atoms with Gasteiger partial charge in [0, 0.05) is 18.4 Å². The lowest BCUT2D eigenvalue weighted by molar-refractivity contribution is -0.927. The number of ether oxygens (including phenoxy) is 1. The predicted molar refractivity (Wildman–Crippen MR) is 117 cm³/mol. The van der Waals surface area contributed by atoms with E-state index < -0.39 is 0 Å². The SMILES string of the molecule is COCCn1nnnc1[C@@H](c1ccccc1)[NH+]1CCN(c2cccc(C)c2C)CC1. The van der Waals surface area contributed by atoms with E-state index in [9.17, 15) is 0 Å². The summed E-state index contributed by atoms with van der Waals surface area (Å²) >= 11 is 0. The molecule has 0 saturated carbocycles. The molecule has 7 heteroatoms. The molecule has 1 atom stereocenters. The highest BCUT2D eigenvalue weighted by atomic mass is 16.5. The number of rotatable bonds is 7. The Bertz CT molecular complexity index is 949. The summed E-state index contributed by atoms with van der Waals surface area (Å²) in [6.07, 6.45) is 0. The molecule has 0 radical (unpaired) electrons. The van der Waals surface area contributed by atoms with Gasteiger partial charge in [0.15, 0.2) is 6.04 Å². The topological polar surface area (TPSA) is 60.5 Å². The van der Waals surface area contributed by atoms with E-state index in [1.807, 2.05) is 4.68 Å². The normalized spacial score (nSPS) is 16.0. The van der Waals surface area contributed by atoms with Gasteiger partial charge in [-0.05, 0) is 41.5 Å². The van der Waals surface area contributed by atoms with E-state index in [1.165, 1.54) is 27.3 Å². The molecule has 1 aliphatic heterocycles. The van der Waals surface area contributed by atoms with Crippen LogP contribution >= 0.6 is 0 Å². The number of tetrazole rings is 1. The van der Waals surface area contributed by atoms with Crippen molar-refractivity contribution in [3.63, 3.8) is 0 Å². The average molecular weight is 408 g/mol. The number of methoxy groups -OCH3 is 1. The maximum atomic E-state index is 5.26. The Morgan fingerprint density at radius 1 is 1.03 bits per heavy atom. The van der Waals surface area contributed by atoms with Crippen LogP contribution in [0.5, 0.6) is 0 Å². The number of hydrogen-bond donors (Lipinski definition) is 1. The molecule has 2 aromatic carbocycles. The second-order valence-electron chi connectivity index (χ2n) is 7.96. The van der Waals surface area contributed by atoms with Crippen LogP contribution in [0, 0.1) is 13.8 Å². The summed E-state index contributed by atoms with van der Waals surface area (Å²) in [6.45, 7) is 9.75. The summed E-state index contributed by atoms with van der Waals surface area (Å²) in [5.74, 6) is 0.911. The zero-order valence-corrected chi connectivity index (χ0v) is 18.1. The van der Waals surface area contributed by atoms with E-state index in [4.69, 9.17) is 4.74 Å². The Morgan fingerprint density at radius 2 is 1.80 bits per heavy atom. The first-order chi connectivity index (χ1) is 14.7. The molecule has 1 saturated heterocycles. The van der Waals surface area contributed by atoms with Crippen LogP contribution in [-0.4, -0.2) is 60.1 Å². The maximum Gasteiger partial charge on any atom is 0.214 e. The number of benzene rings is 2. The number of anilines is 1. The molecule has 0 aliphatic carbocycles. The first kappa shape index (κ1) is 20.5. The van der Waals surface area contributed by atoms with E-state index in [1.54, 1.807) is 7.11 Å². The predicted octanol–water partition coefficient (Wildman–Crippen LogP) is 1.43. The number of aryl methyl sites for hydroxylation is 1. The summed E-state index contributed by atoms with van der Waals surface area (Å²) in [4.78, 5) is 4.01. The van der Waals surface area contributed by atoms with E-state index in [-0.39, 0.29) is 6.04 Å². The second kappa shape index (κ2) is 9.36. The van der Waals surface area contributed by atoms with Crippen molar-refractivity contribution in [3.05, 3.63) is 71.0 Å². The number of quaternary nitrogens is 1. The van der Waals surface area contributed by atoms with Gasteiger partial charge in [0.2, 0.25) is 5.82 Å². The Hall–Kier alpha value is -2.77. The van der Waals surface area contributed by atoms with Crippen molar-refractivity contribution in [1.82, 2.24) is 20.2 Å². The Labute approximate surface area is 178 Å². The fraction of sp³-hybridized carbons (Fsp3) is 0.435. The molecular weight excluding hydrogens is 376 g/mol. The third-order valence-corrected chi connectivity index (χ3v) is 6.19. The van der Waals surface area contributed by atoms with Crippen LogP contribution in [0.25, 0.3) is 0 Å². The summed E-state index contributed by atoms with van der Waals surface area (Å²) < 4.78 is 7.15. The summed E-state index contributed by atoms with van der Waals surface area (Å²) in [5.41, 5.74) is 5.34. The minimum Gasteiger partial charge on any atom is -0.383 e. The van der Waals surface area contributed by atoms with Crippen LogP contribution in [0.3, 0.4) is 0 Å². The molecule has 1 N–H and O–H groups in total. The number of piperazine rings is 1. The number of aromatic nitrogens is 4. The van der Waals surface area contributed by atoms with Gasteiger partial charge in [-0.25, -0.2) is 4.68 Å². The minimum absolute atomic E-state index is 0.110. The standard InChI is InChI=1S/C23H30N6O/c1-18-8-7-11-21(19(18)2)27-12-14-28(15-13-27)22(20-9-5-4-6-10-20)23-24-25-26-29(23)16-17-30-3/h4-11,22H,12-17H2,1-3H3/p+1/t22-/m1/s1. The van der Waals surface area contributed by atoms with Crippen LogP contribution in [0.15, 0.2) is 48.5 Å². The molecule has 0 unspecified atom stereocenters. The minimum atomic E-state index is 0.110. The van der Waals surface area contributed by atoms with Crippen molar-refractivity contribution >= 4 is 5.69 Å². The van der Waals surface area contributed by atoms with Crippen molar-refractivity contribution in [2.45, 2.75) is 26.4 Å². The van der Waals surface area contributed by atoms with Crippen molar-refractivity contribution < 1.29 is 9.64 Å². The van der Waals surface area contributed by atoms with E-state index in [2.05, 4.69) is 82.8 Å². The second-order valence-corrected chi connectivity index (χ2v) is 7.96. The zero-order valence-electron chi connectivity index (χ0n) is 18.1. The number of nitrogens with zero attached hydrogens (tertiary/aromatic N) is 5. The molecule has 30 heavy (non-hydrogen) atoms. The van der Waals surface area contributed by atoms with Gasteiger partial charge in [0.25, 0.3) is 0 Å². The molecule has 3 aromatic rings. The fourth-order valence-electron chi connectivity index (χ4n) is 4.37. The number of nitrogens with one attached hydrogen (secondary N) is 1. The lowest BCUT2D eigenvalue weighted by atomic mass is 10.0. The molecule has 1 aromatic heterocycles. The van der Waals surface area contributed by atoms with Crippen molar-refractivity contribution in [3.8, 4) is 0 Å². The van der Waals surface area contributed by atoms with E-state index in [0.29, 0.717) is 13.2 Å². The Kier molecular flexibility index (Phi) is 6.40. The van der Waals surface area contributed by atoms with E-state index in [0.717, 1.165) is 32.0 Å². The van der Waals surface area contributed by atoms with Gasteiger partial charge >= 0.3 is 0 Å². The van der Waals surface area contributed by atoms with Crippen LogP contribution < -0.4 is 9.80 Å². The third kappa shape index (κ3) is 4.22. The lowest BCUT2D eigenvalue weighted by Gasteiger charge is -2.38. The summed E-state index contributed by atoms with van der Waals surface area (Å²) in [5, 5.41) is 12.7. The molecular formula is C23H31N6O+. The van der Waals surface area contributed by atoms with Gasteiger partial charge in [0.05, 0.1) is 39.3 Å². The van der Waals surface area contributed by atoms with Crippen molar-refractivity contribution in [2.24, 2.45) is 0 Å². The summed E-state index contributed by atoms with van der Waals surface area (Å²) in [7, 11) is 1.70. The smallest absolute Gasteiger partial charge is 0.214 e. The highest BCUT2D eigenvalue weighted by Gasteiger charge is 2.34. The van der Waals surface area contributed by atoms with Crippen LogP contribution in [0.4, 0.5) is 5.69 Å². The monoisotopic (exact) mass is 407 g/mol. The van der Waals surface area contributed by atoms with Gasteiger partial charge in [-0.15, -0.1) is 5.10 Å². The quantitative estimate of drug-likeness (QED) is 0.642. The number of hydrogen-bond acceptors (Lipinski definition) is 5. The van der Waals surface area contributed by atoms with E-state index >= 15 is 0 Å². The van der Waals surface area contributed by atoms with Gasteiger partial charge in [-0.2, -0.15) is 0 Å². The highest BCUT2D eigenvalue weighted by Crippen LogP contribution is 2.23. The Balaban J connectivity index is 1.57. The first-order valence-corrected chi connectivity index (χ1v) is 10.6. The highest BCUT2D eigenvalue weighted by molar-refractivity contribution is 5.56. The average Bonchev–Trinajstić information content (AvgIpc) is 3.24. The molecule has 0 bridgehead atoms. The van der Waals surface area contributed by atoms with Gasteiger partial charge in [0.1, 0.15) is 0 Å². The molecule has 7 nitrogen and oxygen atoms in total. The van der Waals surface area contributed by atoms with Crippen LogP contribution in [0.2, 0.25) is 0 Å². The molecule has 4 rings (SSSR count). The van der Waals surface area contributed by atoms with Crippen molar-refractivity contribution in [1.29, 1.82) is 0 Å². The van der Waals surface area contributed by atoms with Gasteiger partial charge in [-0.3, -0.25) is 0 Å². The zero-order chi connectivity index (χ0) is 20.9. The maximum absolute atomic E-state index is 5.26. The molecule has 0 spiro atoms. The summed E-state index contributed by atoms with van der Waals surface area (Å²) in [6, 6.07) is 17.3. The Morgan fingerprint density at radius 3 is 2.53 bits per heavy atom. The van der Waals surface area contributed by atoms with Crippen molar-refractivity contribution in [2.75, 3.05) is 44.8 Å². The molecule has 2 heterocycles. The molecule has 0 amide bonds. The largest absolute Gasteiger partial charge is 0.383 e. The third-order valence-electron chi connectivity index (χ3n) is 6.19. The molecule has 158 valence electrons. The molecule has 1 aliphatic rings. The van der Waals surface area contributed by atoms with Crippen LogP contribution in [0.1, 0.15) is 28.6 Å². The van der Waals surface area contributed by atoms with Gasteiger partial charge in [-0.1, -0.05) is 42.5 Å². The fourth-order valence-corrected chi connectivity index (χ4v) is 4.37. The van der Waals surface area contributed by atoms with Gasteiger partial charge < -0.3 is 14.5 Å². The first-order valence-electron chi connectivity index (χ1n) is 10.6. The lowest BCUT2D eigenvalue weighted by Crippen LogP contribution is -3.15.